The van der Waals surface area contributed by atoms with Crippen LogP contribution in [0.25, 0.3) is 0 Å². The summed E-state index contributed by atoms with van der Waals surface area (Å²) in [4.78, 5) is 22.9. The van der Waals surface area contributed by atoms with Crippen LogP contribution in [0.1, 0.15) is 10.4 Å². The van der Waals surface area contributed by atoms with E-state index in [1.165, 1.54) is 13.2 Å². The number of methoxy groups -OCH3 is 1. The summed E-state index contributed by atoms with van der Waals surface area (Å²) in [5.74, 6) is 0.488. The summed E-state index contributed by atoms with van der Waals surface area (Å²) >= 11 is 5.79. The number of aldehydes is 1. The van der Waals surface area contributed by atoms with E-state index in [9.17, 15) is 9.59 Å². The fourth-order valence-corrected chi connectivity index (χ4v) is 2.00. The van der Waals surface area contributed by atoms with Crippen LogP contribution >= 0.6 is 11.6 Å². The summed E-state index contributed by atoms with van der Waals surface area (Å²) in [5.41, 5.74) is 0.836. The first-order valence-corrected chi connectivity index (χ1v) is 6.82. The molecule has 0 aromatic heterocycles. The molecular formula is C16H14ClNO4. The molecule has 0 aliphatic heterocycles. The summed E-state index contributed by atoms with van der Waals surface area (Å²) in [7, 11) is 1.52. The average Bonchev–Trinajstić information content (AvgIpc) is 2.54. The van der Waals surface area contributed by atoms with Crippen molar-refractivity contribution in [2.24, 2.45) is 0 Å². The molecule has 0 saturated carbocycles. The van der Waals surface area contributed by atoms with Gasteiger partial charge in [-0.25, -0.2) is 0 Å². The number of amides is 1. The van der Waals surface area contributed by atoms with Crippen molar-refractivity contribution >= 4 is 29.5 Å². The van der Waals surface area contributed by atoms with E-state index >= 15 is 0 Å². The van der Waals surface area contributed by atoms with Crippen molar-refractivity contribution in [3.05, 3.63) is 53.1 Å². The third-order valence-electron chi connectivity index (χ3n) is 2.84. The van der Waals surface area contributed by atoms with Gasteiger partial charge in [0.15, 0.2) is 12.9 Å². The van der Waals surface area contributed by atoms with E-state index in [1.54, 1.807) is 36.4 Å². The average molecular weight is 320 g/mol. The van der Waals surface area contributed by atoms with E-state index in [1.807, 2.05) is 0 Å². The first-order chi connectivity index (χ1) is 10.6. The first-order valence-electron chi connectivity index (χ1n) is 6.44. The number of nitrogens with one attached hydrogen (secondary N) is 1. The molecule has 0 radical (unpaired) electrons. The highest BCUT2D eigenvalue weighted by atomic mass is 35.5. The monoisotopic (exact) mass is 319 g/mol. The first kappa shape index (κ1) is 15.9. The summed E-state index contributed by atoms with van der Waals surface area (Å²) in [5, 5.41) is 3.10. The SMILES string of the molecule is COc1ccccc1NC(=O)COc1ccc(Cl)cc1C=O. The second kappa shape index (κ2) is 7.47. The highest BCUT2D eigenvalue weighted by Crippen LogP contribution is 2.23. The van der Waals surface area contributed by atoms with Gasteiger partial charge < -0.3 is 14.8 Å². The van der Waals surface area contributed by atoms with Crippen molar-refractivity contribution in [2.75, 3.05) is 19.0 Å². The van der Waals surface area contributed by atoms with Gasteiger partial charge in [-0.1, -0.05) is 23.7 Å². The zero-order valence-corrected chi connectivity index (χ0v) is 12.6. The lowest BCUT2D eigenvalue weighted by Gasteiger charge is -2.11. The van der Waals surface area contributed by atoms with Crippen molar-refractivity contribution in [3.63, 3.8) is 0 Å². The maximum Gasteiger partial charge on any atom is 0.262 e. The molecule has 0 unspecified atom stereocenters. The van der Waals surface area contributed by atoms with Gasteiger partial charge in [0.2, 0.25) is 0 Å². The zero-order valence-electron chi connectivity index (χ0n) is 11.8. The van der Waals surface area contributed by atoms with Crippen LogP contribution in [0.5, 0.6) is 11.5 Å². The van der Waals surface area contributed by atoms with Crippen LogP contribution in [0.15, 0.2) is 42.5 Å². The van der Waals surface area contributed by atoms with Gasteiger partial charge in [-0.3, -0.25) is 9.59 Å². The Labute approximate surface area is 132 Å². The summed E-state index contributed by atoms with van der Waals surface area (Å²) in [6.07, 6.45) is 0.624. The van der Waals surface area contributed by atoms with Crippen molar-refractivity contribution in [1.29, 1.82) is 0 Å². The van der Waals surface area contributed by atoms with Crippen molar-refractivity contribution in [2.45, 2.75) is 0 Å². The van der Waals surface area contributed by atoms with E-state index in [0.29, 0.717) is 28.5 Å². The Morgan fingerprint density at radius 3 is 2.73 bits per heavy atom. The van der Waals surface area contributed by atoms with Crippen LogP contribution in [0, 0.1) is 0 Å². The number of carbonyl (C=O) groups excluding carboxylic acids is 2. The molecular weight excluding hydrogens is 306 g/mol. The van der Waals surface area contributed by atoms with Gasteiger partial charge in [-0.2, -0.15) is 0 Å². The number of rotatable bonds is 6. The Kier molecular flexibility index (Phi) is 5.38. The molecule has 0 bridgehead atoms. The Morgan fingerprint density at radius 2 is 2.00 bits per heavy atom. The standard InChI is InChI=1S/C16H14ClNO4/c1-21-15-5-3-2-4-13(15)18-16(20)10-22-14-7-6-12(17)8-11(14)9-19/h2-9H,10H2,1H3,(H,18,20). The number of anilines is 1. The fraction of sp³-hybridized carbons (Fsp3) is 0.125. The number of carbonyl (C=O) groups is 2. The minimum atomic E-state index is -0.365. The lowest BCUT2D eigenvalue weighted by molar-refractivity contribution is -0.118. The third-order valence-corrected chi connectivity index (χ3v) is 3.07. The Hall–Kier alpha value is -2.53. The molecule has 2 aromatic rings. The van der Waals surface area contributed by atoms with Crippen LogP contribution < -0.4 is 14.8 Å². The van der Waals surface area contributed by atoms with Gasteiger partial charge in [0.25, 0.3) is 5.91 Å². The van der Waals surface area contributed by atoms with Crippen LogP contribution in [-0.2, 0) is 4.79 Å². The zero-order chi connectivity index (χ0) is 15.9. The van der Waals surface area contributed by atoms with Crippen molar-refractivity contribution in [3.8, 4) is 11.5 Å². The van der Waals surface area contributed by atoms with Gasteiger partial charge >= 0.3 is 0 Å². The maximum absolute atomic E-state index is 11.9. The molecule has 2 aromatic carbocycles. The molecule has 114 valence electrons. The van der Waals surface area contributed by atoms with E-state index in [0.717, 1.165) is 0 Å². The number of halogens is 1. The topological polar surface area (TPSA) is 64.6 Å². The van der Waals surface area contributed by atoms with E-state index in [-0.39, 0.29) is 18.1 Å². The highest BCUT2D eigenvalue weighted by Gasteiger charge is 2.09. The number of hydrogen-bond acceptors (Lipinski definition) is 4. The van der Waals surface area contributed by atoms with E-state index in [2.05, 4.69) is 5.32 Å². The number of para-hydroxylation sites is 2. The van der Waals surface area contributed by atoms with Gasteiger partial charge in [0.1, 0.15) is 11.5 Å². The normalized spacial score (nSPS) is 9.91. The second-order valence-corrected chi connectivity index (χ2v) is 4.77. The van der Waals surface area contributed by atoms with Crippen molar-refractivity contribution < 1.29 is 19.1 Å². The molecule has 22 heavy (non-hydrogen) atoms. The number of benzene rings is 2. The number of hydrogen-bond donors (Lipinski definition) is 1. The predicted octanol–water partition coefficient (Wildman–Crippen LogP) is 3.18. The number of ether oxygens (including phenoxy) is 2. The summed E-state index contributed by atoms with van der Waals surface area (Å²) in [6, 6.07) is 11.6. The molecule has 0 atom stereocenters. The van der Waals surface area contributed by atoms with E-state index in [4.69, 9.17) is 21.1 Å². The van der Waals surface area contributed by atoms with Gasteiger partial charge in [0, 0.05) is 5.02 Å². The van der Waals surface area contributed by atoms with Crippen LogP contribution in [-0.4, -0.2) is 25.9 Å². The summed E-state index contributed by atoms with van der Waals surface area (Å²) in [6.45, 7) is -0.236. The fourth-order valence-electron chi connectivity index (χ4n) is 1.82. The molecule has 2 rings (SSSR count). The smallest absolute Gasteiger partial charge is 0.262 e. The quantitative estimate of drug-likeness (QED) is 0.831. The minimum Gasteiger partial charge on any atom is -0.495 e. The van der Waals surface area contributed by atoms with Crippen LogP contribution in [0.4, 0.5) is 5.69 Å². The van der Waals surface area contributed by atoms with Gasteiger partial charge in [0.05, 0.1) is 18.4 Å². The Balaban J connectivity index is 2.00. The summed E-state index contributed by atoms with van der Waals surface area (Å²) < 4.78 is 10.5. The largest absolute Gasteiger partial charge is 0.495 e. The highest BCUT2D eigenvalue weighted by molar-refractivity contribution is 6.30. The molecule has 0 saturated heterocycles. The second-order valence-electron chi connectivity index (χ2n) is 4.34. The third kappa shape index (κ3) is 3.99. The lowest BCUT2D eigenvalue weighted by Crippen LogP contribution is -2.20. The van der Waals surface area contributed by atoms with Crippen LogP contribution in [0.2, 0.25) is 5.02 Å². The molecule has 0 aliphatic rings. The molecule has 1 amide bonds. The molecule has 0 spiro atoms. The molecule has 0 fully saturated rings. The van der Waals surface area contributed by atoms with Crippen LogP contribution in [0.3, 0.4) is 0 Å². The molecule has 5 nitrogen and oxygen atoms in total. The molecule has 0 heterocycles. The Morgan fingerprint density at radius 1 is 1.23 bits per heavy atom. The van der Waals surface area contributed by atoms with E-state index < -0.39 is 0 Å². The molecule has 0 aliphatic carbocycles. The maximum atomic E-state index is 11.9. The van der Waals surface area contributed by atoms with Crippen molar-refractivity contribution in [1.82, 2.24) is 0 Å². The lowest BCUT2D eigenvalue weighted by atomic mass is 10.2. The minimum absolute atomic E-state index is 0.236. The van der Waals surface area contributed by atoms with Gasteiger partial charge in [-0.05, 0) is 30.3 Å². The predicted molar refractivity (Wildman–Crippen MR) is 84.0 cm³/mol. The molecule has 6 heteroatoms. The van der Waals surface area contributed by atoms with Gasteiger partial charge in [-0.15, -0.1) is 0 Å². The molecule has 1 N–H and O–H groups in total. The Bertz CT molecular complexity index is 688.